The van der Waals surface area contributed by atoms with E-state index in [1.165, 1.54) is 17.0 Å². The summed E-state index contributed by atoms with van der Waals surface area (Å²) in [5.41, 5.74) is 4.40. The molecule has 8 heteroatoms. The summed E-state index contributed by atoms with van der Waals surface area (Å²) in [7, 11) is 0. The first-order chi connectivity index (χ1) is 14.0. The summed E-state index contributed by atoms with van der Waals surface area (Å²) in [6.07, 6.45) is 0. The van der Waals surface area contributed by atoms with E-state index in [-0.39, 0.29) is 24.9 Å². The van der Waals surface area contributed by atoms with Gasteiger partial charge in [0, 0.05) is 17.7 Å². The third kappa shape index (κ3) is 3.49. The quantitative estimate of drug-likeness (QED) is 0.622. The Balaban J connectivity index is 1.61. The van der Waals surface area contributed by atoms with Crippen LogP contribution in [0.4, 0.5) is 4.39 Å². The molecule has 29 heavy (non-hydrogen) atoms. The number of ether oxygens (including phenoxy) is 1. The fourth-order valence-electron chi connectivity index (χ4n) is 3.44. The van der Waals surface area contributed by atoms with Crippen LogP contribution in [0, 0.1) is 12.7 Å². The van der Waals surface area contributed by atoms with Crippen LogP contribution in [0.1, 0.15) is 28.5 Å². The summed E-state index contributed by atoms with van der Waals surface area (Å²) in [5, 5.41) is 8.45. The topological polar surface area (TPSA) is 77.3 Å². The van der Waals surface area contributed by atoms with E-state index in [9.17, 15) is 14.0 Å². The van der Waals surface area contributed by atoms with Gasteiger partial charge in [-0.2, -0.15) is 0 Å². The zero-order valence-electron chi connectivity index (χ0n) is 16.1. The minimum Gasteiger partial charge on any atom is -0.465 e. The van der Waals surface area contributed by atoms with Gasteiger partial charge in [-0.1, -0.05) is 11.3 Å². The second-order valence-corrected chi connectivity index (χ2v) is 6.75. The monoisotopic (exact) mass is 394 g/mol. The normalized spacial score (nSPS) is 12.9. The number of hydrogen-bond donors (Lipinski definition) is 0. The molecule has 7 nitrogen and oxygen atoms in total. The molecular weight excluding hydrogens is 375 g/mol. The van der Waals surface area contributed by atoms with Crippen molar-refractivity contribution in [1.82, 2.24) is 19.9 Å². The van der Waals surface area contributed by atoms with Crippen molar-refractivity contribution in [2.24, 2.45) is 0 Å². The average Bonchev–Trinajstić information content (AvgIpc) is 3.22. The maximum absolute atomic E-state index is 13.2. The van der Waals surface area contributed by atoms with E-state index in [1.54, 1.807) is 29.8 Å². The molecule has 0 bridgehead atoms. The molecule has 0 saturated heterocycles. The SMILES string of the molecule is CCOC(=O)CN1Cc2cc(-c3nnn(-c4ccc(F)cc4)c3C)ccc2C1=O. The van der Waals surface area contributed by atoms with Crippen molar-refractivity contribution in [3.63, 3.8) is 0 Å². The summed E-state index contributed by atoms with van der Waals surface area (Å²) in [6, 6.07) is 11.5. The van der Waals surface area contributed by atoms with Crippen molar-refractivity contribution in [3.05, 3.63) is 65.1 Å². The summed E-state index contributed by atoms with van der Waals surface area (Å²) in [4.78, 5) is 25.7. The molecule has 1 aliphatic heterocycles. The minimum absolute atomic E-state index is 0.0730. The number of benzene rings is 2. The highest BCUT2D eigenvalue weighted by molar-refractivity contribution is 6.00. The third-order valence-electron chi connectivity index (χ3n) is 4.85. The molecule has 1 aliphatic rings. The highest BCUT2D eigenvalue weighted by Gasteiger charge is 2.29. The van der Waals surface area contributed by atoms with Gasteiger partial charge >= 0.3 is 5.97 Å². The lowest BCUT2D eigenvalue weighted by molar-refractivity contribution is -0.143. The molecular formula is C21H19FN4O3. The van der Waals surface area contributed by atoms with Gasteiger partial charge in [0.2, 0.25) is 0 Å². The lowest BCUT2D eigenvalue weighted by Crippen LogP contribution is -2.31. The standard InChI is InChI=1S/C21H19FN4O3/c1-3-29-19(27)12-25-11-15-10-14(4-9-18(15)21(25)28)20-13(2)26(24-23-20)17-7-5-16(22)6-8-17/h4-10H,3,11-12H2,1-2H3. The first-order valence-electron chi connectivity index (χ1n) is 9.24. The highest BCUT2D eigenvalue weighted by atomic mass is 19.1. The molecule has 2 heterocycles. The second kappa shape index (κ2) is 7.46. The van der Waals surface area contributed by atoms with Crippen LogP contribution in [-0.2, 0) is 16.1 Å². The van der Waals surface area contributed by atoms with Crippen molar-refractivity contribution in [3.8, 4) is 16.9 Å². The van der Waals surface area contributed by atoms with Crippen LogP contribution < -0.4 is 0 Å². The van der Waals surface area contributed by atoms with Crippen molar-refractivity contribution < 1.29 is 18.7 Å². The Morgan fingerprint density at radius 2 is 1.97 bits per heavy atom. The van der Waals surface area contributed by atoms with Crippen LogP contribution in [0.25, 0.3) is 16.9 Å². The molecule has 0 spiro atoms. The number of carbonyl (C=O) groups excluding carboxylic acids is 2. The van der Waals surface area contributed by atoms with Gasteiger partial charge in [0.05, 0.1) is 18.0 Å². The zero-order chi connectivity index (χ0) is 20.5. The lowest BCUT2D eigenvalue weighted by atomic mass is 10.0. The summed E-state index contributed by atoms with van der Waals surface area (Å²) < 4.78 is 19.8. The fourth-order valence-corrected chi connectivity index (χ4v) is 3.44. The van der Waals surface area contributed by atoms with Crippen LogP contribution in [-0.4, -0.2) is 44.9 Å². The Morgan fingerprint density at radius 1 is 1.21 bits per heavy atom. The molecule has 0 radical (unpaired) electrons. The van der Waals surface area contributed by atoms with E-state index >= 15 is 0 Å². The number of nitrogens with zero attached hydrogens (tertiary/aromatic N) is 4. The molecule has 0 fully saturated rings. The number of halogens is 1. The van der Waals surface area contributed by atoms with Crippen molar-refractivity contribution in [2.75, 3.05) is 13.2 Å². The van der Waals surface area contributed by atoms with Gasteiger partial charge in [0.1, 0.15) is 18.1 Å². The molecule has 1 amide bonds. The van der Waals surface area contributed by atoms with E-state index in [0.717, 1.165) is 16.8 Å². The Kier molecular flexibility index (Phi) is 4.84. The van der Waals surface area contributed by atoms with Gasteiger partial charge in [-0.25, -0.2) is 9.07 Å². The average molecular weight is 394 g/mol. The predicted molar refractivity (Wildman–Crippen MR) is 103 cm³/mol. The van der Waals surface area contributed by atoms with E-state index < -0.39 is 5.97 Å². The Bertz CT molecular complexity index is 1090. The predicted octanol–water partition coefficient (Wildman–Crippen LogP) is 2.90. The largest absolute Gasteiger partial charge is 0.465 e. The second-order valence-electron chi connectivity index (χ2n) is 6.75. The first-order valence-corrected chi connectivity index (χ1v) is 9.24. The van der Waals surface area contributed by atoms with Crippen LogP contribution in [0.5, 0.6) is 0 Å². The molecule has 1 aromatic heterocycles. The zero-order valence-corrected chi connectivity index (χ0v) is 16.1. The van der Waals surface area contributed by atoms with E-state index in [2.05, 4.69) is 10.3 Å². The fraction of sp³-hybridized carbons (Fsp3) is 0.238. The van der Waals surface area contributed by atoms with Gasteiger partial charge in [-0.15, -0.1) is 5.10 Å². The Morgan fingerprint density at radius 3 is 2.69 bits per heavy atom. The molecule has 0 atom stereocenters. The number of aromatic nitrogens is 3. The minimum atomic E-state index is -0.424. The van der Waals surface area contributed by atoms with E-state index in [4.69, 9.17) is 4.74 Å². The third-order valence-corrected chi connectivity index (χ3v) is 4.85. The number of esters is 1. The number of fused-ring (bicyclic) bond motifs is 1. The maximum Gasteiger partial charge on any atom is 0.325 e. The molecule has 148 valence electrons. The van der Waals surface area contributed by atoms with Crippen LogP contribution in [0.2, 0.25) is 0 Å². The van der Waals surface area contributed by atoms with E-state index in [1.807, 2.05) is 19.1 Å². The van der Waals surface area contributed by atoms with Crippen molar-refractivity contribution >= 4 is 11.9 Å². The molecule has 0 unspecified atom stereocenters. The maximum atomic E-state index is 13.2. The van der Waals surface area contributed by atoms with E-state index in [0.29, 0.717) is 23.5 Å². The number of carbonyl (C=O) groups is 2. The van der Waals surface area contributed by atoms with Gasteiger partial charge in [0.15, 0.2) is 0 Å². The van der Waals surface area contributed by atoms with Crippen LogP contribution in [0.3, 0.4) is 0 Å². The lowest BCUT2D eigenvalue weighted by Gasteiger charge is -2.13. The van der Waals surface area contributed by atoms with Gasteiger partial charge in [-0.05, 0) is 55.8 Å². The summed E-state index contributed by atoms with van der Waals surface area (Å²) >= 11 is 0. The van der Waals surface area contributed by atoms with Crippen molar-refractivity contribution in [1.29, 1.82) is 0 Å². The first kappa shape index (κ1) is 18.8. The number of hydrogen-bond acceptors (Lipinski definition) is 5. The molecule has 0 N–H and O–H groups in total. The molecule has 0 saturated carbocycles. The Hall–Kier alpha value is -3.55. The van der Waals surface area contributed by atoms with Crippen LogP contribution in [0.15, 0.2) is 42.5 Å². The molecule has 3 aromatic rings. The Labute approximate surface area is 166 Å². The molecule has 4 rings (SSSR count). The van der Waals surface area contributed by atoms with Crippen molar-refractivity contribution in [2.45, 2.75) is 20.4 Å². The number of rotatable bonds is 5. The molecule has 0 aliphatic carbocycles. The highest BCUT2D eigenvalue weighted by Crippen LogP contribution is 2.29. The van der Waals surface area contributed by atoms with Crippen LogP contribution >= 0.6 is 0 Å². The smallest absolute Gasteiger partial charge is 0.325 e. The number of amides is 1. The van der Waals surface area contributed by atoms with Gasteiger partial charge in [0.25, 0.3) is 5.91 Å². The summed E-state index contributed by atoms with van der Waals surface area (Å²) in [6.45, 7) is 4.15. The van der Waals surface area contributed by atoms with Gasteiger partial charge in [-0.3, -0.25) is 9.59 Å². The van der Waals surface area contributed by atoms with Gasteiger partial charge < -0.3 is 9.64 Å². The summed E-state index contributed by atoms with van der Waals surface area (Å²) in [5.74, 6) is -0.930. The molecule has 2 aromatic carbocycles.